The van der Waals surface area contributed by atoms with Crippen molar-refractivity contribution < 1.29 is 17.7 Å². The van der Waals surface area contributed by atoms with E-state index in [1.54, 1.807) is 0 Å². The molecule has 1 heterocycles. The van der Waals surface area contributed by atoms with Crippen molar-refractivity contribution in [3.05, 3.63) is 52.2 Å². The van der Waals surface area contributed by atoms with Crippen molar-refractivity contribution in [2.75, 3.05) is 0 Å². The Balaban J connectivity index is 2.30. The largest absolute Gasteiger partial charge is 0.332 e. The van der Waals surface area contributed by atoms with Crippen LogP contribution in [0.15, 0.2) is 35.7 Å². The Morgan fingerprint density at radius 1 is 1.40 bits per heavy atom. The number of hydrogen-bond donors (Lipinski definition) is 0. The summed E-state index contributed by atoms with van der Waals surface area (Å²) in [6, 6.07) is 3.10. The molecule has 0 aliphatic heterocycles. The van der Waals surface area contributed by atoms with Crippen LogP contribution in [0.2, 0.25) is 0 Å². The van der Waals surface area contributed by atoms with Crippen LogP contribution in [0.5, 0.6) is 0 Å². The van der Waals surface area contributed by atoms with Gasteiger partial charge in [0.15, 0.2) is 5.03 Å². The number of nitro benzene ring substituents is 1. The van der Waals surface area contributed by atoms with Gasteiger partial charge in [0.25, 0.3) is 14.7 Å². The van der Waals surface area contributed by atoms with Crippen molar-refractivity contribution in [2.24, 2.45) is 0 Å². The van der Waals surface area contributed by atoms with E-state index >= 15 is 0 Å². The van der Waals surface area contributed by atoms with Crippen LogP contribution in [0, 0.1) is 15.9 Å². The van der Waals surface area contributed by atoms with Gasteiger partial charge >= 0.3 is 0 Å². The average Bonchev–Trinajstić information content (AvgIpc) is 2.76. The number of nitrogens with zero attached hydrogens (tertiary/aromatic N) is 3. The minimum Gasteiger partial charge on any atom is -0.332 e. The lowest BCUT2D eigenvalue weighted by atomic mass is 10.2. The summed E-state index contributed by atoms with van der Waals surface area (Å²) in [5, 5.41) is 10.3. The lowest BCUT2D eigenvalue weighted by Crippen LogP contribution is -1.99. The van der Waals surface area contributed by atoms with Gasteiger partial charge in [0, 0.05) is 29.5 Å². The Bertz CT molecular complexity index is 775. The average molecular weight is 320 g/mol. The van der Waals surface area contributed by atoms with Gasteiger partial charge in [-0.2, -0.15) is 0 Å². The van der Waals surface area contributed by atoms with Gasteiger partial charge in [-0.05, 0) is 11.6 Å². The molecule has 0 fully saturated rings. The minimum atomic E-state index is -3.95. The van der Waals surface area contributed by atoms with Crippen LogP contribution in [0.3, 0.4) is 0 Å². The molecule has 2 rings (SSSR count). The summed E-state index contributed by atoms with van der Waals surface area (Å²) in [5.74, 6) is -0.750. The fraction of sp³-hybridized carbons (Fsp3) is 0.100. The first-order chi connectivity index (χ1) is 9.25. The molecule has 0 bridgehead atoms. The number of halogens is 2. The summed E-state index contributed by atoms with van der Waals surface area (Å²) >= 11 is 0. The van der Waals surface area contributed by atoms with E-state index in [2.05, 4.69) is 4.98 Å². The molecule has 0 amide bonds. The summed E-state index contributed by atoms with van der Waals surface area (Å²) in [7, 11) is 1.17. The van der Waals surface area contributed by atoms with Crippen molar-refractivity contribution in [1.29, 1.82) is 0 Å². The third-order valence-electron chi connectivity index (χ3n) is 2.38. The molecule has 0 saturated heterocycles. The molecule has 0 unspecified atom stereocenters. The van der Waals surface area contributed by atoms with Crippen LogP contribution in [0.4, 0.5) is 10.1 Å². The third-order valence-corrected chi connectivity index (χ3v) is 3.56. The molecule has 0 atom stereocenters. The fourth-order valence-corrected chi connectivity index (χ4v) is 2.27. The predicted molar refractivity (Wildman–Crippen MR) is 67.4 cm³/mol. The highest BCUT2D eigenvalue weighted by molar-refractivity contribution is 8.13. The Kier molecular flexibility index (Phi) is 3.73. The van der Waals surface area contributed by atoms with E-state index in [0.717, 1.165) is 18.3 Å². The Morgan fingerprint density at radius 2 is 2.10 bits per heavy atom. The number of non-ortho nitro benzene ring substituents is 1. The zero-order valence-corrected chi connectivity index (χ0v) is 11.3. The van der Waals surface area contributed by atoms with Gasteiger partial charge in [-0.1, -0.05) is 0 Å². The standard InChI is InChI=1S/C10H7ClFN3O4S/c11-20(18,19)10-5-14(6-13-10)4-7-1-8(12)3-9(2-7)15(16)17/h1-3,5-6H,4H2. The lowest BCUT2D eigenvalue weighted by molar-refractivity contribution is -0.385. The van der Waals surface area contributed by atoms with E-state index in [-0.39, 0.29) is 17.3 Å². The fourth-order valence-electron chi connectivity index (χ4n) is 1.59. The molecule has 0 aliphatic carbocycles. The van der Waals surface area contributed by atoms with E-state index in [1.807, 2.05) is 0 Å². The number of aromatic nitrogens is 2. The maximum absolute atomic E-state index is 13.2. The second-order valence-electron chi connectivity index (χ2n) is 3.90. The quantitative estimate of drug-likeness (QED) is 0.487. The molecule has 0 radical (unpaired) electrons. The van der Waals surface area contributed by atoms with Crippen LogP contribution >= 0.6 is 10.7 Å². The first-order valence-electron chi connectivity index (χ1n) is 5.16. The van der Waals surface area contributed by atoms with E-state index in [4.69, 9.17) is 10.7 Å². The predicted octanol–water partition coefficient (Wildman–Crippen LogP) is 1.91. The van der Waals surface area contributed by atoms with Crippen molar-refractivity contribution in [3.8, 4) is 0 Å². The topological polar surface area (TPSA) is 95.1 Å². The van der Waals surface area contributed by atoms with Crippen LogP contribution in [-0.2, 0) is 15.6 Å². The lowest BCUT2D eigenvalue weighted by Gasteiger charge is -2.02. The Labute approximate surface area is 117 Å². The zero-order valence-electron chi connectivity index (χ0n) is 9.73. The molecule has 20 heavy (non-hydrogen) atoms. The first-order valence-corrected chi connectivity index (χ1v) is 7.47. The number of hydrogen-bond acceptors (Lipinski definition) is 5. The number of nitro groups is 1. The number of rotatable bonds is 4. The van der Waals surface area contributed by atoms with Gasteiger partial charge < -0.3 is 4.57 Å². The van der Waals surface area contributed by atoms with Crippen LogP contribution in [0.1, 0.15) is 5.56 Å². The monoisotopic (exact) mass is 319 g/mol. The molecule has 0 saturated carbocycles. The smallest absolute Gasteiger partial charge is 0.280 e. The van der Waals surface area contributed by atoms with Crippen molar-refractivity contribution in [1.82, 2.24) is 9.55 Å². The second-order valence-corrected chi connectivity index (χ2v) is 6.41. The summed E-state index contributed by atoms with van der Waals surface area (Å²) < 4.78 is 36.6. The number of imidazole rings is 1. The highest BCUT2D eigenvalue weighted by atomic mass is 35.7. The van der Waals surface area contributed by atoms with Gasteiger partial charge in [-0.25, -0.2) is 17.8 Å². The van der Waals surface area contributed by atoms with E-state index in [9.17, 15) is 22.9 Å². The van der Waals surface area contributed by atoms with Gasteiger partial charge in [0.2, 0.25) is 0 Å². The van der Waals surface area contributed by atoms with Crippen LogP contribution < -0.4 is 0 Å². The molecule has 106 valence electrons. The minimum absolute atomic E-state index is 0.0258. The molecule has 0 aliphatic rings. The molecule has 1 aromatic carbocycles. The molecule has 2 aromatic rings. The molecule has 10 heteroatoms. The van der Waals surface area contributed by atoms with E-state index in [1.165, 1.54) is 17.0 Å². The second kappa shape index (κ2) is 5.17. The first kappa shape index (κ1) is 14.4. The van der Waals surface area contributed by atoms with Gasteiger partial charge in [0.1, 0.15) is 5.82 Å². The van der Waals surface area contributed by atoms with Crippen molar-refractivity contribution in [3.63, 3.8) is 0 Å². The molecule has 0 spiro atoms. The maximum atomic E-state index is 13.2. The maximum Gasteiger partial charge on any atom is 0.280 e. The summed E-state index contributed by atoms with van der Waals surface area (Å²) in [6.07, 6.45) is 2.34. The molecular weight excluding hydrogens is 313 g/mol. The third kappa shape index (κ3) is 3.31. The van der Waals surface area contributed by atoms with Crippen molar-refractivity contribution >= 4 is 25.4 Å². The van der Waals surface area contributed by atoms with Gasteiger partial charge in [-0.3, -0.25) is 10.1 Å². The number of benzene rings is 1. The van der Waals surface area contributed by atoms with E-state index < -0.39 is 19.8 Å². The van der Waals surface area contributed by atoms with Crippen LogP contribution in [-0.4, -0.2) is 22.9 Å². The Hall–Kier alpha value is -2.00. The van der Waals surface area contributed by atoms with Crippen molar-refractivity contribution in [2.45, 2.75) is 11.6 Å². The molecule has 7 nitrogen and oxygen atoms in total. The normalized spacial score (nSPS) is 11.5. The molecule has 1 aromatic heterocycles. The molecular formula is C10H7ClFN3O4S. The summed E-state index contributed by atoms with van der Waals surface area (Å²) in [6.45, 7) is 0.0258. The van der Waals surface area contributed by atoms with Crippen LogP contribution in [0.25, 0.3) is 0 Å². The Morgan fingerprint density at radius 3 is 2.65 bits per heavy atom. The molecule has 0 N–H and O–H groups in total. The SMILES string of the molecule is O=[N+]([O-])c1cc(F)cc(Cn2cnc(S(=O)(=O)Cl)c2)c1. The van der Waals surface area contributed by atoms with E-state index in [0.29, 0.717) is 5.56 Å². The van der Waals surface area contributed by atoms with Gasteiger partial charge in [0.05, 0.1) is 17.3 Å². The van der Waals surface area contributed by atoms with Gasteiger partial charge in [-0.15, -0.1) is 0 Å². The summed E-state index contributed by atoms with van der Waals surface area (Å²) in [4.78, 5) is 13.5. The zero-order chi connectivity index (χ0) is 14.9. The summed E-state index contributed by atoms with van der Waals surface area (Å²) in [5.41, 5.74) is -0.0853. The highest BCUT2D eigenvalue weighted by Crippen LogP contribution is 2.18. The highest BCUT2D eigenvalue weighted by Gasteiger charge is 2.14.